The zero-order valence-corrected chi connectivity index (χ0v) is 12.5. The Kier molecular flexibility index (Phi) is 4.09. The third-order valence-electron chi connectivity index (χ3n) is 4.14. The van der Waals surface area contributed by atoms with Crippen molar-refractivity contribution in [3.05, 3.63) is 41.0 Å². The number of hydrogen-bond donors (Lipinski definition) is 2. The van der Waals surface area contributed by atoms with E-state index < -0.39 is 0 Å². The minimum atomic E-state index is 0.205. The summed E-state index contributed by atoms with van der Waals surface area (Å²) in [5, 5.41) is 11.0. The van der Waals surface area contributed by atoms with Crippen LogP contribution in [-0.2, 0) is 0 Å². The van der Waals surface area contributed by atoms with Gasteiger partial charge in [-0.25, -0.2) is 0 Å². The Morgan fingerprint density at radius 1 is 1.33 bits per heavy atom. The number of rotatable bonds is 4. The molecule has 1 aromatic carbocycles. The van der Waals surface area contributed by atoms with Crippen LogP contribution < -0.4 is 0 Å². The van der Waals surface area contributed by atoms with E-state index in [0.717, 1.165) is 29.4 Å². The first-order chi connectivity index (χ1) is 10.2. The van der Waals surface area contributed by atoms with Crippen LogP contribution in [0.3, 0.4) is 0 Å². The van der Waals surface area contributed by atoms with Gasteiger partial charge in [-0.05, 0) is 50.7 Å². The summed E-state index contributed by atoms with van der Waals surface area (Å²) >= 11 is 0. The second kappa shape index (κ2) is 6.17. The Bertz CT molecular complexity index is 695. The highest BCUT2D eigenvalue weighted by molar-refractivity contribution is 6.02. The molecule has 1 aliphatic rings. The van der Waals surface area contributed by atoms with Gasteiger partial charge in [0.05, 0.1) is 5.56 Å². The highest BCUT2D eigenvalue weighted by Gasteiger charge is 2.08. The van der Waals surface area contributed by atoms with Crippen LogP contribution in [0, 0.1) is 6.92 Å². The second-order valence-corrected chi connectivity index (χ2v) is 5.83. The average molecular weight is 282 g/mol. The number of aromatic nitrogens is 1. The van der Waals surface area contributed by atoms with E-state index in [4.69, 9.17) is 0 Å². The summed E-state index contributed by atoms with van der Waals surface area (Å²) < 4.78 is 0. The number of aromatic amines is 1. The Balaban J connectivity index is 1.71. The number of nitrogens with zero attached hydrogens (tertiary/aromatic N) is 1. The van der Waals surface area contributed by atoms with Crippen LogP contribution in [0.5, 0.6) is 5.88 Å². The van der Waals surface area contributed by atoms with Crippen molar-refractivity contribution < 1.29 is 5.11 Å². The zero-order valence-electron chi connectivity index (χ0n) is 12.5. The van der Waals surface area contributed by atoms with Crippen molar-refractivity contribution in [3.63, 3.8) is 0 Å². The molecule has 1 aromatic heterocycles. The van der Waals surface area contributed by atoms with Crippen LogP contribution in [0.4, 0.5) is 0 Å². The highest BCUT2D eigenvalue weighted by atomic mass is 16.3. The fourth-order valence-corrected chi connectivity index (χ4v) is 2.95. The van der Waals surface area contributed by atoms with E-state index >= 15 is 0 Å². The third-order valence-corrected chi connectivity index (χ3v) is 4.14. The number of hydrogen-bond acceptors (Lipinski definition) is 2. The number of nitrogens with one attached hydrogen (secondary N) is 1. The lowest BCUT2D eigenvalue weighted by Gasteiger charge is -2.10. The molecule has 0 amide bonds. The van der Waals surface area contributed by atoms with E-state index in [1.807, 2.05) is 19.1 Å². The van der Waals surface area contributed by atoms with Crippen molar-refractivity contribution >= 4 is 17.1 Å². The van der Waals surface area contributed by atoms with E-state index in [-0.39, 0.29) is 5.88 Å². The smallest absolute Gasteiger partial charge is 0.198 e. The fraction of sp³-hybridized carbons (Fsp3) is 0.389. The second-order valence-electron chi connectivity index (χ2n) is 5.83. The van der Waals surface area contributed by atoms with Gasteiger partial charge in [-0.3, -0.25) is 4.99 Å². The third kappa shape index (κ3) is 3.18. The molecule has 3 nitrogen and oxygen atoms in total. The van der Waals surface area contributed by atoms with E-state index in [1.165, 1.54) is 36.8 Å². The molecule has 1 aliphatic carbocycles. The molecule has 3 heteroatoms. The van der Waals surface area contributed by atoms with Crippen LogP contribution in [0.2, 0.25) is 0 Å². The average Bonchev–Trinajstić information content (AvgIpc) is 2.79. The minimum Gasteiger partial charge on any atom is -0.494 e. The van der Waals surface area contributed by atoms with Crippen molar-refractivity contribution in [2.75, 3.05) is 6.54 Å². The van der Waals surface area contributed by atoms with Crippen molar-refractivity contribution in [2.24, 2.45) is 4.99 Å². The molecule has 21 heavy (non-hydrogen) atoms. The molecular formula is C18H22N2O. The lowest BCUT2D eigenvalue weighted by molar-refractivity contribution is 0.457. The molecule has 0 fully saturated rings. The van der Waals surface area contributed by atoms with Crippen molar-refractivity contribution in [1.82, 2.24) is 4.98 Å². The first kappa shape index (κ1) is 13.9. The van der Waals surface area contributed by atoms with Gasteiger partial charge in [-0.15, -0.1) is 0 Å². The maximum Gasteiger partial charge on any atom is 0.198 e. The summed E-state index contributed by atoms with van der Waals surface area (Å²) in [5.74, 6) is 0.205. The van der Waals surface area contributed by atoms with Gasteiger partial charge >= 0.3 is 0 Å². The van der Waals surface area contributed by atoms with E-state index in [9.17, 15) is 5.11 Å². The Morgan fingerprint density at radius 2 is 2.24 bits per heavy atom. The number of aromatic hydroxyl groups is 1. The molecule has 0 saturated carbocycles. The molecule has 0 aliphatic heterocycles. The number of aryl methyl sites for hydroxylation is 1. The first-order valence-corrected chi connectivity index (χ1v) is 7.73. The minimum absolute atomic E-state index is 0.205. The van der Waals surface area contributed by atoms with Gasteiger partial charge in [0.2, 0.25) is 0 Å². The Morgan fingerprint density at radius 3 is 3.05 bits per heavy atom. The molecule has 0 spiro atoms. The van der Waals surface area contributed by atoms with Gasteiger partial charge in [0.25, 0.3) is 0 Å². The summed E-state index contributed by atoms with van der Waals surface area (Å²) in [6.07, 6.45) is 10.3. The van der Waals surface area contributed by atoms with Crippen LogP contribution in [0.25, 0.3) is 10.9 Å². The maximum absolute atomic E-state index is 10.0. The molecule has 0 bridgehead atoms. The summed E-state index contributed by atoms with van der Waals surface area (Å²) in [6.45, 7) is 2.84. The SMILES string of the molecule is Cc1ccc2c(C=NCCC3=CCCCC3)c(O)[nH]c2c1. The van der Waals surface area contributed by atoms with Gasteiger partial charge in [0.15, 0.2) is 5.88 Å². The predicted octanol–water partition coefficient (Wildman–Crippen LogP) is 4.49. The summed E-state index contributed by atoms with van der Waals surface area (Å²) in [7, 11) is 0. The van der Waals surface area contributed by atoms with Gasteiger partial charge in [0.1, 0.15) is 0 Å². The largest absolute Gasteiger partial charge is 0.494 e. The molecular weight excluding hydrogens is 260 g/mol. The number of H-pyrrole nitrogens is 1. The topological polar surface area (TPSA) is 48.4 Å². The Labute approximate surface area is 125 Å². The molecule has 2 aromatic rings. The van der Waals surface area contributed by atoms with Crippen LogP contribution in [0.1, 0.15) is 43.2 Å². The molecule has 2 N–H and O–H groups in total. The predicted molar refractivity (Wildman–Crippen MR) is 88.3 cm³/mol. The molecule has 0 radical (unpaired) electrons. The van der Waals surface area contributed by atoms with Gasteiger partial charge in [-0.2, -0.15) is 0 Å². The Hall–Kier alpha value is -2.03. The first-order valence-electron chi connectivity index (χ1n) is 7.73. The zero-order chi connectivity index (χ0) is 14.7. The molecule has 110 valence electrons. The van der Waals surface area contributed by atoms with Crippen LogP contribution in [-0.4, -0.2) is 22.8 Å². The number of benzene rings is 1. The lowest BCUT2D eigenvalue weighted by atomic mass is 9.97. The molecule has 0 saturated heterocycles. The number of fused-ring (bicyclic) bond motifs is 1. The van der Waals surface area contributed by atoms with Crippen LogP contribution in [0.15, 0.2) is 34.8 Å². The van der Waals surface area contributed by atoms with E-state index in [2.05, 4.69) is 22.1 Å². The van der Waals surface area contributed by atoms with Gasteiger partial charge in [-0.1, -0.05) is 23.8 Å². The maximum atomic E-state index is 10.0. The molecule has 1 heterocycles. The number of aliphatic imine (C=N–C) groups is 1. The summed E-state index contributed by atoms with van der Waals surface area (Å²) in [5.41, 5.74) is 4.47. The van der Waals surface area contributed by atoms with Crippen molar-refractivity contribution in [3.8, 4) is 5.88 Å². The highest BCUT2D eigenvalue weighted by Crippen LogP contribution is 2.26. The number of allylic oxidation sites excluding steroid dienone is 1. The van der Waals surface area contributed by atoms with Crippen molar-refractivity contribution in [1.29, 1.82) is 0 Å². The quantitative estimate of drug-likeness (QED) is 0.630. The van der Waals surface area contributed by atoms with E-state index in [1.54, 1.807) is 6.21 Å². The van der Waals surface area contributed by atoms with Gasteiger partial charge < -0.3 is 10.1 Å². The molecule has 0 atom stereocenters. The molecule has 0 unspecified atom stereocenters. The standard InChI is InChI=1S/C18H22N2O/c1-13-7-8-15-16(18(21)20-17(15)11-13)12-19-10-9-14-5-3-2-4-6-14/h5,7-8,11-12,20-21H,2-4,6,9-10H2,1H3. The monoisotopic (exact) mass is 282 g/mol. The summed E-state index contributed by atoms with van der Waals surface area (Å²) in [6, 6.07) is 6.13. The van der Waals surface area contributed by atoms with Crippen molar-refractivity contribution in [2.45, 2.75) is 39.0 Å². The fourth-order valence-electron chi connectivity index (χ4n) is 2.95. The van der Waals surface area contributed by atoms with Crippen LogP contribution >= 0.6 is 0 Å². The van der Waals surface area contributed by atoms with Gasteiger partial charge in [0, 0.05) is 23.7 Å². The normalized spacial score (nSPS) is 15.8. The lowest BCUT2D eigenvalue weighted by Crippen LogP contribution is -1.94. The van der Waals surface area contributed by atoms with E-state index in [0.29, 0.717) is 0 Å². The molecule has 3 rings (SSSR count). The summed E-state index contributed by atoms with van der Waals surface area (Å²) in [4.78, 5) is 7.51.